The minimum absolute atomic E-state index is 0.128. The van der Waals surface area contributed by atoms with E-state index in [-0.39, 0.29) is 31.3 Å². The number of ether oxygens (including phenoxy) is 2. The van der Waals surface area contributed by atoms with Gasteiger partial charge >= 0.3 is 11.9 Å². The molecule has 1 atom stereocenters. The molecule has 0 heterocycles. The first-order chi connectivity index (χ1) is 13.6. The van der Waals surface area contributed by atoms with Crippen LogP contribution < -0.4 is 5.32 Å². The van der Waals surface area contributed by atoms with Crippen LogP contribution in [0.1, 0.15) is 30.4 Å². The van der Waals surface area contributed by atoms with E-state index in [0.29, 0.717) is 12.8 Å². The zero-order valence-corrected chi connectivity index (χ0v) is 15.9. The topological polar surface area (TPSA) is 81.7 Å². The molecule has 28 heavy (non-hydrogen) atoms. The third-order valence-electron chi connectivity index (χ3n) is 4.13. The first kappa shape index (κ1) is 21.2. The van der Waals surface area contributed by atoms with E-state index in [1.165, 1.54) is 7.11 Å². The first-order valence-electron chi connectivity index (χ1n) is 9.19. The number of nitrogens with one attached hydrogen (secondary N) is 1. The maximum absolute atomic E-state index is 12.2. The molecule has 148 valence electrons. The highest BCUT2D eigenvalue weighted by molar-refractivity contribution is 5.84. The van der Waals surface area contributed by atoms with Crippen molar-refractivity contribution in [3.8, 4) is 0 Å². The molecule has 0 saturated carbocycles. The fraction of sp³-hybridized carbons (Fsp3) is 0.318. The van der Waals surface area contributed by atoms with Gasteiger partial charge in [0.2, 0.25) is 5.91 Å². The number of carbonyl (C=O) groups is 3. The molecule has 2 rings (SSSR count). The maximum atomic E-state index is 12.2. The third kappa shape index (κ3) is 7.61. The van der Waals surface area contributed by atoms with Gasteiger partial charge in [0.25, 0.3) is 0 Å². The molecule has 0 saturated heterocycles. The Labute approximate surface area is 164 Å². The van der Waals surface area contributed by atoms with E-state index in [1.807, 2.05) is 60.7 Å². The Kier molecular flexibility index (Phi) is 8.72. The fourth-order valence-electron chi connectivity index (χ4n) is 2.66. The van der Waals surface area contributed by atoms with E-state index in [4.69, 9.17) is 9.47 Å². The van der Waals surface area contributed by atoms with Gasteiger partial charge in [-0.1, -0.05) is 60.7 Å². The molecule has 6 nitrogen and oxygen atoms in total. The van der Waals surface area contributed by atoms with Crippen LogP contribution in [0.5, 0.6) is 0 Å². The van der Waals surface area contributed by atoms with Gasteiger partial charge in [0, 0.05) is 19.3 Å². The van der Waals surface area contributed by atoms with E-state index >= 15 is 0 Å². The zero-order valence-electron chi connectivity index (χ0n) is 15.9. The number of rotatable bonds is 10. The molecule has 0 aliphatic heterocycles. The highest BCUT2D eigenvalue weighted by atomic mass is 16.5. The number of esters is 2. The lowest BCUT2D eigenvalue weighted by Crippen LogP contribution is -2.43. The van der Waals surface area contributed by atoms with Crippen LogP contribution in [0.25, 0.3) is 0 Å². The van der Waals surface area contributed by atoms with Crippen LogP contribution in [0.15, 0.2) is 60.7 Å². The fourth-order valence-corrected chi connectivity index (χ4v) is 2.66. The number of carbonyl (C=O) groups excluding carboxylic acids is 3. The van der Waals surface area contributed by atoms with Gasteiger partial charge in [-0.2, -0.15) is 0 Å². The van der Waals surface area contributed by atoms with Crippen molar-refractivity contribution in [1.82, 2.24) is 5.32 Å². The van der Waals surface area contributed by atoms with Gasteiger partial charge in [0.05, 0.1) is 7.11 Å². The molecular weight excluding hydrogens is 358 g/mol. The summed E-state index contributed by atoms with van der Waals surface area (Å²) >= 11 is 0. The van der Waals surface area contributed by atoms with Gasteiger partial charge in [0.15, 0.2) is 0 Å². The standard InChI is InChI=1S/C22H25NO5/c1-27-22(26)19(15-17-9-4-2-5-10-17)23-20(24)13-8-14-21(25)28-16-18-11-6-3-7-12-18/h2-7,9-12,19H,8,13-16H2,1H3,(H,23,24)/t19-/m0/s1. The molecule has 0 aromatic heterocycles. The van der Waals surface area contributed by atoms with E-state index in [0.717, 1.165) is 11.1 Å². The summed E-state index contributed by atoms with van der Waals surface area (Å²) in [6.45, 7) is 0.216. The predicted molar refractivity (Wildman–Crippen MR) is 104 cm³/mol. The predicted octanol–water partition coefficient (Wildman–Crippen LogP) is 2.80. The zero-order chi connectivity index (χ0) is 20.2. The number of hydrogen-bond acceptors (Lipinski definition) is 5. The Bertz CT molecular complexity index is 761. The van der Waals surface area contributed by atoms with Gasteiger partial charge in [-0.15, -0.1) is 0 Å². The minimum atomic E-state index is -0.759. The lowest BCUT2D eigenvalue weighted by atomic mass is 10.1. The van der Waals surface area contributed by atoms with Crippen LogP contribution in [-0.4, -0.2) is 31.0 Å². The van der Waals surface area contributed by atoms with Crippen molar-refractivity contribution in [1.29, 1.82) is 0 Å². The van der Waals surface area contributed by atoms with Gasteiger partial charge in [-0.3, -0.25) is 9.59 Å². The van der Waals surface area contributed by atoms with Gasteiger partial charge in [-0.05, 0) is 17.5 Å². The second-order valence-corrected chi connectivity index (χ2v) is 6.33. The van der Waals surface area contributed by atoms with Crippen LogP contribution in [0.3, 0.4) is 0 Å². The quantitative estimate of drug-likeness (QED) is 0.638. The number of amides is 1. The average molecular weight is 383 g/mol. The van der Waals surface area contributed by atoms with Crippen LogP contribution in [0.2, 0.25) is 0 Å². The van der Waals surface area contributed by atoms with Crippen LogP contribution >= 0.6 is 0 Å². The Morgan fingerprint density at radius 3 is 2.11 bits per heavy atom. The van der Waals surface area contributed by atoms with Crippen molar-refractivity contribution < 1.29 is 23.9 Å². The molecule has 0 fully saturated rings. The lowest BCUT2D eigenvalue weighted by molar-refractivity contribution is -0.146. The second-order valence-electron chi connectivity index (χ2n) is 6.33. The highest BCUT2D eigenvalue weighted by Gasteiger charge is 2.21. The van der Waals surface area contributed by atoms with Gasteiger partial charge in [0.1, 0.15) is 12.6 Å². The van der Waals surface area contributed by atoms with Crippen molar-refractivity contribution in [2.75, 3.05) is 7.11 Å². The molecule has 0 aliphatic rings. The van der Waals surface area contributed by atoms with Crippen molar-refractivity contribution in [2.45, 2.75) is 38.3 Å². The molecule has 1 amide bonds. The van der Waals surface area contributed by atoms with E-state index in [2.05, 4.69) is 5.32 Å². The van der Waals surface area contributed by atoms with Gasteiger partial charge < -0.3 is 14.8 Å². The number of benzene rings is 2. The Morgan fingerprint density at radius 2 is 1.50 bits per heavy atom. The Balaban J connectivity index is 1.72. The normalized spacial score (nSPS) is 11.3. The van der Waals surface area contributed by atoms with Crippen LogP contribution in [0.4, 0.5) is 0 Å². The van der Waals surface area contributed by atoms with Crippen molar-refractivity contribution in [3.05, 3.63) is 71.8 Å². The van der Waals surface area contributed by atoms with E-state index in [1.54, 1.807) is 0 Å². The monoisotopic (exact) mass is 383 g/mol. The summed E-state index contributed by atoms with van der Waals surface area (Å²) in [4.78, 5) is 35.9. The summed E-state index contributed by atoms with van der Waals surface area (Å²) < 4.78 is 9.96. The molecule has 0 unspecified atom stereocenters. The molecule has 1 N–H and O–H groups in total. The molecule has 0 aliphatic carbocycles. The van der Waals surface area contributed by atoms with Crippen LogP contribution in [-0.2, 0) is 36.9 Å². The van der Waals surface area contributed by atoms with Crippen molar-refractivity contribution in [2.24, 2.45) is 0 Å². The van der Waals surface area contributed by atoms with E-state index in [9.17, 15) is 14.4 Å². The van der Waals surface area contributed by atoms with Crippen molar-refractivity contribution in [3.63, 3.8) is 0 Å². The summed E-state index contributed by atoms with van der Waals surface area (Å²) in [6.07, 6.45) is 0.960. The molecule has 0 spiro atoms. The summed E-state index contributed by atoms with van der Waals surface area (Å²) in [5, 5.41) is 2.68. The Hall–Kier alpha value is -3.15. The second kappa shape index (κ2) is 11.5. The Morgan fingerprint density at radius 1 is 0.893 bits per heavy atom. The average Bonchev–Trinajstić information content (AvgIpc) is 2.72. The van der Waals surface area contributed by atoms with Crippen molar-refractivity contribution >= 4 is 17.8 Å². The molecule has 6 heteroatoms. The SMILES string of the molecule is COC(=O)[C@H](Cc1ccccc1)NC(=O)CCCC(=O)OCc1ccccc1. The number of hydrogen-bond donors (Lipinski definition) is 1. The maximum Gasteiger partial charge on any atom is 0.328 e. The summed E-state index contributed by atoms with van der Waals surface area (Å²) in [5.41, 5.74) is 1.83. The molecule has 0 bridgehead atoms. The first-order valence-corrected chi connectivity index (χ1v) is 9.19. The highest BCUT2D eigenvalue weighted by Crippen LogP contribution is 2.07. The van der Waals surface area contributed by atoms with Gasteiger partial charge in [-0.25, -0.2) is 4.79 Å². The largest absolute Gasteiger partial charge is 0.467 e. The lowest BCUT2D eigenvalue weighted by Gasteiger charge is -2.16. The summed E-state index contributed by atoms with van der Waals surface area (Å²) in [6, 6.07) is 18.0. The summed E-state index contributed by atoms with van der Waals surface area (Å²) in [7, 11) is 1.29. The summed E-state index contributed by atoms with van der Waals surface area (Å²) in [5.74, 6) is -1.16. The molecular formula is C22H25NO5. The smallest absolute Gasteiger partial charge is 0.328 e. The molecule has 2 aromatic rings. The van der Waals surface area contributed by atoms with E-state index < -0.39 is 12.0 Å². The minimum Gasteiger partial charge on any atom is -0.467 e. The molecule has 2 aromatic carbocycles. The third-order valence-corrected chi connectivity index (χ3v) is 4.13. The number of methoxy groups -OCH3 is 1. The molecule has 0 radical (unpaired) electrons. The van der Waals surface area contributed by atoms with Crippen LogP contribution in [0, 0.1) is 0 Å².